The Morgan fingerprint density at radius 2 is 1.60 bits per heavy atom. The van der Waals surface area contributed by atoms with Crippen molar-refractivity contribution in [3.63, 3.8) is 0 Å². The fraction of sp³-hybridized carbons (Fsp3) is 0.0588. The molecule has 0 amide bonds. The topological polar surface area (TPSA) is 70.4 Å². The van der Waals surface area contributed by atoms with Crippen LogP contribution in [0.1, 0.15) is 15.2 Å². The number of carboxylic acids is 1. The Morgan fingerprint density at radius 3 is 2.16 bits per heavy atom. The molecule has 2 N–H and O–H groups in total. The van der Waals surface area contributed by atoms with Crippen LogP contribution >= 0.6 is 11.3 Å². The van der Waals surface area contributed by atoms with E-state index in [1.54, 1.807) is 0 Å². The first-order valence-corrected chi connectivity index (χ1v) is 7.79. The summed E-state index contributed by atoms with van der Waals surface area (Å²) in [4.78, 5) is 14.4. The molecule has 1 heterocycles. The summed E-state index contributed by atoms with van der Waals surface area (Å²) in [6.07, 6.45) is -4.47. The summed E-state index contributed by atoms with van der Waals surface area (Å²) in [5.41, 5.74) is 0.189. The Morgan fingerprint density at radius 1 is 1.00 bits per heavy atom. The van der Waals surface area contributed by atoms with Gasteiger partial charge in [0, 0.05) is 5.56 Å². The number of halogens is 3. The number of alkyl halides is 3. The summed E-state index contributed by atoms with van der Waals surface area (Å²) in [5, 5.41) is 18.7. The molecule has 0 fully saturated rings. The minimum absolute atomic E-state index is 0.0507. The maximum Gasteiger partial charge on any atom is 0.417 e. The van der Waals surface area contributed by atoms with Crippen molar-refractivity contribution in [2.75, 3.05) is 0 Å². The Balaban J connectivity index is 1.99. The van der Waals surface area contributed by atoms with Crippen molar-refractivity contribution in [1.29, 1.82) is 0 Å². The molecule has 8 heteroatoms. The molecule has 0 bridgehead atoms. The molecule has 0 saturated carbocycles. The molecule has 0 aliphatic heterocycles. The first kappa shape index (κ1) is 17.0. The summed E-state index contributed by atoms with van der Waals surface area (Å²) in [7, 11) is 0. The van der Waals surface area contributed by atoms with E-state index in [4.69, 9.17) is 5.11 Å². The SMILES string of the molecule is O=C(O)c1sc(-c2ccc(-c3ccccc3C(F)(F)F)cc2)nc1O. The van der Waals surface area contributed by atoms with Crippen molar-refractivity contribution in [1.82, 2.24) is 4.98 Å². The van der Waals surface area contributed by atoms with Crippen molar-refractivity contribution >= 4 is 17.3 Å². The number of carboxylic acid groups (broad SMARTS) is 1. The monoisotopic (exact) mass is 365 g/mol. The molecule has 4 nitrogen and oxygen atoms in total. The van der Waals surface area contributed by atoms with E-state index in [1.807, 2.05) is 0 Å². The van der Waals surface area contributed by atoms with Crippen molar-refractivity contribution in [2.24, 2.45) is 0 Å². The molecule has 0 atom stereocenters. The van der Waals surface area contributed by atoms with Gasteiger partial charge in [0.15, 0.2) is 4.88 Å². The van der Waals surface area contributed by atoms with E-state index in [2.05, 4.69) is 4.98 Å². The third-order valence-electron chi connectivity index (χ3n) is 3.48. The summed E-state index contributed by atoms with van der Waals surface area (Å²) < 4.78 is 39.3. The maximum absolute atomic E-state index is 13.1. The van der Waals surface area contributed by atoms with Crippen LogP contribution in [0, 0.1) is 0 Å². The normalized spacial score (nSPS) is 11.5. The Labute approximate surface area is 143 Å². The van der Waals surface area contributed by atoms with E-state index < -0.39 is 23.6 Å². The number of benzene rings is 2. The lowest BCUT2D eigenvalue weighted by molar-refractivity contribution is -0.137. The highest BCUT2D eigenvalue weighted by Crippen LogP contribution is 2.38. The van der Waals surface area contributed by atoms with E-state index >= 15 is 0 Å². The molecule has 128 valence electrons. The number of carbonyl (C=O) groups is 1. The third-order valence-corrected chi connectivity index (χ3v) is 4.56. The van der Waals surface area contributed by atoms with Crippen molar-refractivity contribution < 1.29 is 28.2 Å². The Kier molecular flexibility index (Phi) is 4.22. The first-order chi connectivity index (χ1) is 11.8. The van der Waals surface area contributed by atoms with Gasteiger partial charge in [0.25, 0.3) is 0 Å². The molecule has 0 spiro atoms. The molecule has 0 saturated heterocycles. The van der Waals surface area contributed by atoms with Gasteiger partial charge in [-0.25, -0.2) is 9.78 Å². The van der Waals surface area contributed by atoms with Crippen molar-refractivity contribution in [2.45, 2.75) is 6.18 Å². The Bertz CT molecular complexity index is 933. The molecule has 3 aromatic rings. The lowest BCUT2D eigenvalue weighted by atomic mass is 9.98. The predicted octanol–water partition coefficient (Wildman–Crippen LogP) is 4.90. The highest BCUT2D eigenvalue weighted by Gasteiger charge is 2.33. The van der Waals surface area contributed by atoms with Gasteiger partial charge in [-0.2, -0.15) is 13.2 Å². The van der Waals surface area contributed by atoms with E-state index in [0.29, 0.717) is 11.1 Å². The highest BCUT2D eigenvalue weighted by atomic mass is 32.1. The molecule has 0 unspecified atom stereocenters. The fourth-order valence-electron chi connectivity index (χ4n) is 2.35. The molecular weight excluding hydrogens is 355 g/mol. The smallest absolute Gasteiger partial charge is 0.417 e. The van der Waals surface area contributed by atoms with Gasteiger partial charge in [-0.3, -0.25) is 0 Å². The van der Waals surface area contributed by atoms with Gasteiger partial charge in [0.2, 0.25) is 5.88 Å². The molecular formula is C17H10F3NO3S. The van der Waals surface area contributed by atoms with E-state index in [0.717, 1.165) is 17.4 Å². The molecule has 0 aliphatic rings. The average molecular weight is 365 g/mol. The largest absolute Gasteiger partial charge is 0.492 e. The Hall–Kier alpha value is -2.87. The second-order valence-electron chi connectivity index (χ2n) is 5.10. The number of aromatic nitrogens is 1. The quantitative estimate of drug-likeness (QED) is 0.693. The van der Waals surface area contributed by atoms with Crippen LogP contribution in [0.2, 0.25) is 0 Å². The number of rotatable bonds is 3. The number of thiazole rings is 1. The number of aromatic hydroxyl groups is 1. The fourth-order valence-corrected chi connectivity index (χ4v) is 3.15. The highest BCUT2D eigenvalue weighted by molar-refractivity contribution is 7.17. The molecule has 1 aromatic heterocycles. The number of nitrogens with zero attached hydrogens (tertiary/aromatic N) is 1. The van der Waals surface area contributed by atoms with Crippen LogP contribution in [0.3, 0.4) is 0 Å². The van der Waals surface area contributed by atoms with Crippen LogP contribution in [0.15, 0.2) is 48.5 Å². The molecule has 3 rings (SSSR count). The van der Waals surface area contributed by atoms with Gasteiger partial charge >= 0.3 is 12.1 Å². The van der Waals surface area contributed by atoms with Crippen molar-refractivity contribution in [3.05, 3.63) is 59.0 Å². The van der Waals surface area contributed by atoms with Crippen LogP contribution in [0.4, 0.5) is 13.2 Å². The van der Waals surface area contributed by atoms with E-state index in [1.165, 1.54) is 42.5 Å². The van der Waals surface area contributed by atoms with E-state index in [9.17, 15) is 23.1 Å². The first-order valence-electron chi connectivity index (χ1n) is 6.97. The third kappa shape index (κ3) is 3.34. The molecule has 0 aliphatic carbocycles. The van der Waals surface area contributed by atoms with Crippen LogP contribution < -0.4 is 0 Å². The summed E-state index contributed by atoms with van der Waals surface area (Å²) >= 11 is 0.789. The van der Waals surface area contributed by atoms with Gasteiger partial charge in [-0.15, -0.1) is 11.3 Å². The van der Waals surface area contributed by atoms with Crippen LogP contribution in [0.5, 0.6) is 5.88 Å². The summed E-state index contributed by atoms with van der Waals surface area (Å²) in [5.74, 6) is -1.88. The van der Waals surface area contributed by atoms with Gasteiger partial charge in [-0.1, -0.05) is 42.5 Å². The van der Waals surface area contributed by atoms with Crippen molar-refractivity contribution in [3.8, 4) is 27.6 Å². The standard InChI is InChI=1S/C17H10F3NO3S/c18-17(19,20)12-4-2-1-3-11(12)9-5-7-10(8-6-9)15-21-14(22)13(25-15)16(23)24/h1-8,22H,(H,23,24). The van der Waals surface area contributed by atoms with Gasteiger partial charge in [0.05, 0.1) is 5.56 Å². The van der Waals surface area contributed by atoms with Crippen LogP contribution in [-0.4, -0.2) is 21.2 Å². The lowest BCUT2D eigenvalue weighted by Crippen LogP contribution is -2.06. The van der Waals surface area contributed by atoms with Gasteiger partial charge < -0.3 is 10.2 Å². The molecule has 0 radical (unpaired) electrons. The van der Waals surface area contributed by atoms with Crippen LogP contribution in [0.25, 0.3) is 21.7 Å². The zero-order valence-electron chi connectivity index (χ0n) is 12.4. The number of aromatic carboxylic acids is 1. The van der Waals surface area contributed by atoms with Gasteiger partial charge in [0.1, 0.15) is 5.01 Å². The van der Waals surface area contributed by atoms with Crippen LogP contribution in [-0.2, 0) is 6.18 Å². The zero-order valence-corrected chi connectivity index (χ0v) is 13.2. The summed E-state index contributed by atoms with van der Waals surface area (Å²) in [6, 6.07) is 11.3. The lowest BCUT2D eigenvalue weighted by Gasteiger charge is -2.12. The second kappa shape index (κ2) is 6.21. The summed E-state index contributed by atoms with van der Waals surface area (Å²) in [6.45, 7) is 0. The predicted molar refractivity (Wildman–Crippen MR) is 86.6 cm³/mol. The molecule has 25 heavy (non-hydrogen) atoms. The molecule has 2 aromatic carbocycles. The zero-order chi connectivity index (χ0) is 18.2. The average Bonchev–Trinajstić information content (AvgIpc) is 2.96. The minimum atomic E-state index is -4.47. The van der Waals surface area contributed by atoms with E-state index in [-0.39, 0.29) is 15.4 Å². The maximum atomic E-state index is 13.1. The second-order valence-corrected chi connectivity index (χ2v) is 6.10. The minimum Gasteiger partial charge on any atom is -0.492 e. The van der Waals surface area contributed by atoms with Gasteiger partial charge in [-0.05, 0) is 17.2 Å². The number of hydrogen-bond donors (Lipinski definition) is 2. The number of hydrogen-bond acceptors (Lipinski definition) is 4.